The molecule has 2 N–H and O–H groups in total. The van der Waals surface area contributed by atoms with Gasteiger partial charge in [0, 0.05) is 13.2 Å². The van der Waals surface area contributed by atoms with Crippen molar-refractivity contribution >= 4 is 17.0 Å². The Balaban J connectivity index is 2.46. The van der Waals surface area contributed by atoms with Gasteiger partial charge in [-0.05, 0) is 32.0 Å². The zero-order chi connectivity index (χ0) is 14.7. The molecule has 0 aliphatic carbocycles. The fraction of sp³-hybridized carbons (Fsp3) is 0.429. The van der Waals surface area contributed by atoms with Gasteiger partial charge in [0.15, 0.2) is 0 Å². The number of imidazole rings is 1. The first kappa shape index (κ1) is 14.5. The molecular formula is C14H18N2O4. The fourth-order valence-corrected chi connectivity index (χ4v) is 2.14. The van der Waals surface area contributed by atoms with Crippen molar-refractivity contribution in [2.75, 3.05) is 13.2 Å². The van der Waals surface area contributed by atoms with E-state index >= 15 is 0 Å². The Bertz CT molecular complexity index is 619. The van der Waals surface area contributed by atoms with Gasteiger partial charge in [-0.3, -0.25) is 0 Å². The van der Waals surface area contributed by atoms with E-state index in [2.05, 4.69) is 4.98 Å². The molecule has 108 valence electrons. The summed E-state index contributed by atoms with van der Waals surface area (Å²) >= 11 is 0. The van der Waals surface area contributed by atoms with Crippen molar-refractivity contribution in [2.24, 2.45) is 0 Å². The molecule has 0 fully saturated rings. The third kappa shape index (κ3) is 2.81. The van der Waals surface area contributed by atoms with Gasteiger partial charge in [0.1, 0.15) is 11.9 Å². The lowest BCUT2D eigenvalue weighted by molar-refractivity contribution is 0.0697. The number of aromatic nitrogens is 2. The number of carboxylic acid groups (broad SMARTS) is 1. The number of rotatable bonds is 6. The predicted molar refractivity (Wildman–Crippen MR) is 73.8 cm³/mol. The van der Waals surface area contributed by atoms with Crippen LogP contribution in [-0.2, 0) is 11.3 Å². The second-order valence-corrected chi connectivity index (χ2v) is 4.50. The van der Waals surface area contributed by atoms with Gasteiger partial charge in [0.2, 0.25) is 0 Å². The van der Waals surface area contributed by atoms with E-state index in [9.17, 15) is 9.90 Å². The van der Waals surface area contributed by atoms with Crippen molar-refractivity contribution in [3.8, 4) is 0 Å². The van der Waals surface area contributed by atoms with Gasteiger partial charge >= 0.3 is 5.97 Å². The van der Waals surface area contributed by atoms with Crippen molar-refractivity contribution in [2.45, 2.75) is 26.5 Å². The van der Waals surface area contributed by atoms with E-state index in [4.69, 9.17) is 9.84 Å². The molecule has 1 atom stereocenters. The molecule has 1 aromatic heterocycles. The molecule has 1 aromatic carbocycles. The van der Waals surface area contributed by atoms with Crippen molar-refractivity contribution in [3.05, 3.63) is 29.6 Å². The first-order valence-electron chi connectivity index (χ1n) is 6.54. The summed E-state index contributed by atoms with van der Waals surface area (Å²) in [5, 5.41) is 18.8. The number of benzene rings is 1. The van der Waals surface area contributed by atoms with E-state index in [0.717, 1.165) is 5.52 Å². The number of aliphatic hydroxyl groups excluding tert-OH is 1. The molecule has 2 rings (SSSR count). The van der Waals surface area contributed by atoms with Crippen LogP contribution in [-0.4, -0.2) is 38.9 Å². The zero-order valence-corrected chi connectivity index (χ0v) is 11.5. The highest BCUT2D eigenvalue weighted by atomic mass is 16.5. The second kappa shape index (κ2) is 6.02. The third-order valence-corrected chi connectivity index (χ3v) is 3.06. The number of hydrogen-bond acceptors (Lipinski definition) is 4. The van der Waals surface area contributed by atoms with E-state index in [1.807, 2.05) is 11.5 Å². The predicted octanol–water partition coefficient (Wildman–Crippen LogP) is 1.82. The SMILES string of the molecule is CCOCCn1c(C(C)O)nc2cc(C(=O)O)ccc21. The lowest BCUT2D eigenvalue weighted by Gasteiger charge is -2.10. The Morgan fingerprint density at radius 1 is 1.50 bits per heavy atom. The summed E-state index contributed by atoms with van der Waals surface area (Å²) in [5.74, 6) is -0.475. The van der Waals surface area contributed by atoms with E-state index in [-0.39, 0.29) is 5.56 Å². The summed E-state index contributed by atoms with van der Waals surface area (Å²) in [4.78, 5) is 15.3. The lowest BCUT2D eigenvalue weighted by Crippen LogP contribution is -2.11. The Morgan fingerprint density at radius 2 is 2.25 bits per heavy atom. The molecule has 0 radical (unpaired) electrons. The van der Waals surface area contributed by atoms with E-state index in [1.165, 1.54) is 12.1 Å². The van der Waals surface area contributed by atoms with Crippen LogP contribution in [0.4, 0.5) is 0 Å². The Morgan fingerprint density at radius 3 is 2.85 bits per heavy atom. The van der Waals surface area contributed by atoms with Crippen LogP contribution in [0, 0.1) is 0 Å². The summed E-state index contributed by atoms with van der Waals surface area (Å²) in [5.41, 5.74) is 1.55. The van der Waals surface area contributed by atoms with Crippen LogP contribution in [0.15, 0.2) is 18.2 Å². The third-order valence-electron chi connectivity index (χ3n) is 3.06. The summed E-state index contributed by atoms with van der Waals surface area (Å²) < 4.78 is 7.19. The highest BCUT2D eigenvalue weighted by Crippen LogP contribution is 2.22. The van der Waals surface area contributed by atoms with Crippen LogP contribution in [0.1, 0.15) is 36.1 Å². The maximum Gasteiger partial charge on any atom is 0.335 e. The molecule has 6 nitrogen and oxygen atoms in total. The first-order chi connectivity index (χ1) is 9.54. The highest BCUT2D eigenvalue weighted by Gasteiger charge is 2.16. The van der Waals surface area contributed by atoms with Crippen LogP contribution in [0.5, 0.6) is 0 Å². The largest absolute Gasteiger partial charge is 0.478 e. The molecule has 0 saturated carbocycles. The van der Waals surface area contributed by atoms with Crippen molar-refractivity contribution < 1.29 is 19.7 Å². The number of carbonyl (C=O) groups is 1. The first-order valence-corrected chi connectivity index (χ1v) is 6.54. The Hall–Kier alpha value is -1.92. The average molecular weight is 278 g/mol. The molecule has 1 unspecified atom stereocenters. The minimum Gasteiger partial charge on any atom is -0.478 e. The monoisotopic (exact) mass is 278 g/mol. The molecule has 2 aromatic rings. The highest BCUT2D eigenvalue weighted by molar-refractivity contribution is 5.92. The summed E-state index contributed by atoms with van der Waals surface area (Å²) in [6.45, 7) is 5.26. The maximum absolute atomic E-state index is 11.0. The molecule has 0 saturated heterocycles. The van der Waals surface area contributed by atoms with Crippen LogP contribution in [0.2, 0.25) is 0 Å². The normalized spacial score (nSPS) is 12.8. The minimum absolute atomic E-state index is 0.184. The van der Waals surface area contributed by atoms with Crippen LogP contribution >= 0.6 is 0 Å². The van der Waals surface area contributed by atoms with Crippen molar-refractivity contribution in [3.63, 3.8) is 0 Å². The van der Waals surface area contributed by atoms with Gasteiger partial charge < -0.3 is 19.5 Å². The zero-order valence-electron chi connectivity index (χ0n) is 11.5. The van der Waals surface area contributed by atoms with Crippen LogP contribution < -0.4 is 0 Å². The second-order valence-electron chi connectivity index (χ2n) is 4.50. The quantitative estimate of drug-likeness (QED) is 0.787. The number of nitrogens with zero attached hydrogens (tertiary/aromatic N) is 2. The number of ether oxygens (including phenoxy) is 1. The van der Waals surface area contributed by atoms with Gasteiger partial charge in [0.25, 0.3) is 0 Å². The number of aliphatic hydroxyl groups is 1. The molecule has 0 aliphatic rings. The lowest BCUT2D eigenvalue weighted by atomic mass is 10.2. The molecule has 0 amide bonds. The van der Waals surface area contributed by atoms with Gasteiger partial charge in [-0.1, -0.05) is 0 Å². The van der Waals surface area contributed by atoms with Gasteiger partial charge in [-0.15, -0.1) is 0 Å². The standard InChI is InChI=1S/C14H18N2O4/c1-3-20-7-6-16-12-5-4-10(14(18)19)8-11(12)15-13(16)9(2)17/h4-5,8-9,17H,3,6-7H2,1-2H3,(H,18,19). The minimum atomic E-state index is -0.991. The van der Waals surface area contributed by atoms with Crippen LogP contribution in [0.25, 0.3) is 11.0 Å². The molecule has 0 bridgehead atoms. The number of aromatic carboxylic acids is 1. The van der Waals surface area contributed by atoms with Crippen molar-refractivity contribution in [1.29, 1.82) is 0 Å². The topological polar surface area (TPSA) is 84.6 Å². The smallest absolute Gasteiger partial charge is 0.335 e. The summed E-state index contributed by atoms with van der Waals surface area (Å²) in [6.07, 6.45) is -0.725. The molecule has 1 heterocycles. The van der Waals surface area contributed by atoms with Crippen LogP contribution in [0.3, 0.4) is 0 Å². The summed E-state index contributed by atoms with van der Waals surface area (Å²) in [6, 6.07) is 4.76. The van der Waals surface area contributed by atoms with Gasteiger partial charge in [-0.25, -0.2) is 9.78 Å². The van der Waals surface area contributed by atoms with E-state index in [1.54, 1.807) is 13.0 Å². The molecule has 0 spiro atoms. The summed E-state index contributed by atoms with van der Waals surface area (Å²) in [7, 11) is 0. The van der Waals surface area contributed by atoms with E-state index < -0.39 is 12.1 Å². The Kier molecular flexibility index (Phi) is 4.36. The Labute approximate surface area is 116 Å². The van der Waals surface area contributed by atoms with Gasteiger partial charge in [0.05, 0.1) is 23.2 Å². The molecule has 0 aliphatic heterocycles. The fourth-order valence-electron chi connectivity index (χ4n) is 2.14. The van der Waals surface area contributed by atoms with Gasteiger partial charge in [-0.2, -0.15) is 0 Å². The number of fused-ring (bicyclic) bond motifs is 1. The van der Waals surface area contributed by atoms with E-state index in [0.29, 0.717) is 31.1 Å². The number of hydrogen-bond donors (Lipinski definition) is 2. The maximum atomic E-state index is 11.0. The average Bonchev–Trinajstić information content (AvgIpc) is 2.77. The molecule has 6 heteroatoms. The molecule has 20 heavy (non-hydrogen) atoms. The van der Waals surface area contributed by atoms with Crippen molar-refractivity contribution in [1.82, 2.24) is 9.55 Å². The number of carboxylic acids is 1. The molecular weight excluding hydrogens is 260 g/mol.